The van der Waals surface area contributed by atoms with Crippen molar-refractivity contribution < 1.29 is 9.59 Å². The molecule has 2 nitrogen and oxygen atoms in total. The molecule has 0 aromatic heterocycles. The molecule has 0 N–H and O–H groups in total. The van der Waals surface area contributed by atoms with E-state index in [4.69, 9.17) is 0 Å². The molecule has 102 valence electrons. The van der Waals surface area contributed by atoms with Crippen molar-refractivity contribution in [1.29, 1.82) is 0 Å². The maximum atomic E-state index is 11.8. The molecule has 0 aliphatic heterocycles. The largest absolute Gasteiger partial charge is 0.295 e. The summed E-state index contributed by atoms with van der Waals surface area (Å²) >= 11 is 0. The van der Waals surface area contributed by atoms with Gasteiger partial charge in [0.25, 0.3) is 0 Å². The number of aryl methyl sites for hydroxylation is 2. The fourth-order valence-electron chi connectivity index (χ4n) is 2.43. The second-order valence-corrected chi connectivity index (χ2v) is 5.19. The van der Waals surface area contributed by atoms with Crippen molar-refractivity contribution in [2.24, 2.45) is 0 Å². The van der Waals surface area contributed by atoms with E-state index in [1.54, 1.807) is 13.8 Å². The van der Waals surface area contributed by atoms with E-state index in [9.17, 15) is 9.59 Å². The van der Waals surface area contributed by atoms with Gasteiger partial charge in [0.2, 0.25) is 0 Å². The van der Waals surface area contributed by atoms with E-state index in [2.05, 4.69) is 0 Å². The Morgan fingerprint density at radius 2 is 1.40 bits per heavy atom. The third-order valence-electron chi connectivity index (χ3n) is 3.47. The van der Waals surface area contributed by atoms with Gasteiger partial charge < -0.3 is 0 Å². The highest BCUT2D eigenvalue weighted by Crippen LogP contribution is 2.27. The fourth-order valence-corrected chi connectivity index (χ4v) is 2.43. The summed E-state index contributed by atoms with van der Waals surface area (Å²) in [6.07, 6.45) is 0. The molecule has 0 aliphatic carbocycles. The first-order valence-corrected chi connectivity index (χ1v) is 6.63. The highest BCUT2D eigenvalue weighted by molar-refractivity contribution is 6.01. The van der Waals surface area contributed by atoms with Crippen LogP contribution in [0.3, 0.4) is 0 Å². The summed E-state index contributed by atoms with van der Waals surface area (Å²) in [5.74, 6) is 0.110. The second-order valence-electron chi connectivity index (χ2n) is 5.19. The summed E-state index contributed by atoms with van der Waals surface area (Å²) < 4.78 is 0. The number of hydrogen-bond acceptors (Lipinski definition) is 2. The Bertz CT molecular complexity index is 697. The van der Waals surface area contributed by atoms with Gasteiger partial charge in [-0.3, -0.25) is 9.59 Å². The van der Waals surface area contributed by atoms with Gasteiger partial charge in [-0.05, 0) is 44.4 Å². The first-order chi connectivity index (χ1) is 9.40. The predicted octanol–water partition coefficient (Wildman–Crippen LogP) is 4.38. The van der Waals surface area contributed by atoms with Crippen LogP contribution in [0.1, 0.15) is 45.7 Å². The van der Waals surface area contributed by atoms with E-state index in [1.165, 1.54) is 0 Å². The van der Waals surface area contributed by atoms with Crippen LogP contribution >= 0.6 is 0 Å². The summed E-state index contributed by atoms with van der Waals surface area (Å²) in [6.45, 7) is 7.06. The van der Waals surface area contributed by atoms with Crippen LogP contribution in [0.5, 0.6) is 0 Å². The Labute approximate surface area is 119 Å². The van der Waals surface area contributed by atoms with E-state index >= 15 is 0 Å². The number of Topliss-reactive ketones (excluding diaryl/α,β-unsaturated/α-hetero) is 2. The summed E-state index contributed by atoms with van der Waals surface area (Å²) in [6, 6.07) is 11.5. The monoisotopic (exact) mass is 266 g/mol. The summed E-state index contributed by atoms with van der Waals surface area (Å²) in [5.41, 5.74) is 5.39. The topological polar surface area (TPSA) is 34.1 Å². The summed E-state index contributed by atoms with van der Waals surface area (Å²) in [4.78, 5) is 23.2. The van der Waals surface area contributed by atoms with Crippen molar-refractivity contribution in [2.45, 2.75) is 27.7 Å². The van der Waals surface area contributed by atoms with E-state index in [0.717, 1.165) is 27.8 Å². The van der Waals surface area contributed by atoms with Gasteiger partial charge >= 0.3 is 0 Å². The molecule has 0 saturated heterocycles. The first kappa shape index (κ1) is 14.2. The smallest absolute Gasteiger partial charge is 0.160 e. The lowest BCUT2D eigenvalue weighted by atomic mass is 9.93. The minimum Gasteiger partial charge on any atom is -0.295 e. The summed E-state index contributed by atoms with van der Waals surface area (Å²) in [7, 11) is 0. The van der Waals surface area contributed by atoms with Crippen LogP contribution in [0.15, 0.2) is 36.4 Å². The van der Waals surface area contributed by atoms with Gasteiger partial charge in [0, 0.05) is 11.1 Å². The Morgan fingerprint density at radius 3 is 1.95 bits per heavy atom. The number of rotatable bonds is 3. The molecule has 0 saturated carbocycles. The molecule has 0 bridgehead atoms. The molecule has 0 atom stereocenters. The third-order valence-corrected chi connectivity index (χ3v) is 3.47. The van der Waals surface area contributed by atoms with Crippen molar-refractivity contribution in [3.8, 4) is 11.1 Å². The van der Waals surface area contributed by atoms with Crippen molar-refractivity contribution in [1.82, 2.24) is 0 Å². The molecule has 2 aromatic carbocycles. The van der Waals surface area contributed by atoms with Crippen LogP contribution in [-0.4, -0.2) is 11.6 Å². The lowest BCUT2D eigenvalue weighted by Gasteiger charge is -2.11. The van der Waals surface area contributed by atoms with Crippen LogP contribution in [0.25, 0.3) is 11.1 Å². The number of benzene rings is 2. The lowest BCUT2D eigenvalue weighted by Crippen LogP contribution is -1.99. The number of hydrogen-bond donors (Lipinski definition) is 0. The summed E-state index contributed by atoms with van der Waals surface area (Å²) in [5, 5.41) is 0. The zero-order chi connectivity index (χ0) is 14.9. The molecule has 0 aliphatic rings. The molecule has 20 heavy (non-hydrogen) atoms. The highest BCUT2D eigenvalue weighted by atomic mass is 16.1. The van der Waals surface area contributed by atoms with Crippen molar-refractivity contribution in [2.75, 3.05) is 0 Å². The molecule has 0 radical (unpaired) electrons. The SMILES string of the molecule is CC(=O)c1ccc(-c2cc(C)ccc2C(C)=O)cc1C. The van der Waals surface area contributed by atoms with Gasteiger partial charge in [0.15, 0.2) is 11.6 Å². The zero-order valence-electron chi connectivity index (χ0n) is 12.3. The van der Waals surface area contributed by atoms with Gasteiger partial charge in [-0.2, -0.15) is 0 Å². The molecule has 0 unspecified atom stereocenters. The Kier molecular flexibility index (Phi) is 3.84. The Hall–Kier alpha value is -2.22. The number of carbonyl (C=O) groups excluding carboxylic acids is 2. The van der Waals surface area contributed by atoms with Gasteiger partial charge in [0.05, 0.1) is 0 Å². The second kappa shape index (κ2) is 5.41. The number of carbonyl (C=O) groups is 2. The van der Waals surface area contributed by atoms with Crippen LogP contribution in [0.2, 0.25) is 0 Å². The number of ketones is 2. The van der Waals surface area contributed by atoms with Crippen molar-refractivity contribution >= 4 is 11.6 Å². The van der Waals surface area contributed by atoms with Crippen LogP contribution in [0, 0.1) is 13.8 Å². The minimum atomic E-state index is 0.0493. The van der Waals surface area contributed by atoms with Gasteiger partial charge in [-0.15, -0.1) is 0 Å². The van der Waals surface area contributed by atoms with Crippen LogP contribution in [-0.2, 0) is 0 Å². The van der Waals surface area contributed by atoms with E-state index in [1.807, 2.05) is 50.2 Å². The molecular weight excluding hydrogens is 248 g/mol. The normalized spacial score (nSPS) is 10.4. The highest BCUT2D eigenvalue weighted by Gasteiger charge is 2.11. The first-order valence-electron chi connectivity index (χ1n) is 6.63. The van der Waals surface area contributed by atoms with Crippen LogP contribution < -0.4 is 0 Å². The fraction of sp³-hybridized carbons (Fsp3) is 0.222. The average molecular weight is 266 g/mol. The molecule has 2 rings (SSSR count). The van der Waals surface area contributed by atoms with Crippen molar-refractivity contribution in [3.63, 3.8) is 0 Å². The van der Waals surface area contributed by atoms with E-state index in [0.29, 0.717) is 5.56 Å². The Balaban J connectivity index is 2.62. The molecule has 2 aromatic rings. The maximum absolute atomic E-state index is 11.8. The van der Waals surface area contributed by atoms with Crippen molar-refractivity contribution in [3.05, 3.63) is 58.7 Å². The van der Waals surface area contributed by atoms with Gasteiger partial charge in [0.1, 0.15) is 0 Å². The van der Waals surface area contributed by atoms with E-state index < -0.39 is 0 Å². The molecule has 0 heterocycles. The van der Waals surface area contributed by atoms with Gasteiger partial charge in [-0.1, -0.05) is 42.0 Å². The molecular formula is C18H18O2. The molecule has 0 fully saturated rings. The van der Waals surface area contributed by atoms with Crippen LogP contribution in [0.4, 0.5) is 0 Å². The standard InChI is InChI=1S/C18H18O2/c1-11-5-7-17(14(4)20)18(9-11)15-6-8-16(13(3)19)12(2)10-15/h5-10H,1-4H3. The quantitative estimate of drug-likeness (QED) is 0.773. The minimum absolute atomic E-state index is 0.0493. The molecule has 0 spiro atoms. The molecule has 0 amide bonds. The predicted molar refractivity (Wildman–Crippen MR) is 81.4 cm³/mol. The maximum Gasteiger partial charge on any atom is 0.160 e. The third kappa shape index (κ3) is 2.69. The van der Waals surface area contributed by atoms with E-state index in [-0.39, 0.29) is 11.6 Å². The van der Waals surface area contributed by atoms with Gasteiger partial charge in [-0.25, -0.2) is 0 Å². The average Bonchev–Trinajstić information content (AvgIpc) is 2.37. The zero-order valence-corrected chi connectivity index (χ0v) is 12.3. The molecule has 2 heteroatoms. The lowest BCUT2D eigenvalue weighted by molar-refractivity contribution is 0.100. The Morgan fingerprint density at radius 1 is 0.800 bits per heavy atom.